The Labute approximate surface area is 181 Å². The Kier molecular flexibility index (Phi) is 7.15. The number of benzene rings is 2. The summed E-state index contributed by atoms with van der Waals surface area (Å²) in [6.45, 7) is 0.546. The van der Waals surface area contributed by atoms with Crippen LogP contribution in [0.25, 0.3) is 0 Å². The molecule has 1 saturated heterocycles. The highest BCUT2D eigenvalue weighted by atomic mass is 32.2. The summed E-state index contributed by atoms with van der Waals surface area (Å²) in [4.78, 5) is 4.40. The fourth-order valence-corrected chi connectivity index (χ4v) is 4.33. The molecule has 1 aliphatic rings. The molecule has 2 heterocycles. The van der Waals surface area contributed by atoms with Crippen molar-refractivity contribution in [3.8, 4) is 0 Å². The Morgan fingerprint density at radius 1 is 0.933 bits per heavy atom. The molecule has 156 valence electrons. The molecule has 30 heavy (non-hydrogen) atoms. The number of aromatic nitrogens is 1. The van der Waals surface area contributed by atoms with E-state index in [0.717, 1.165) is 39.5 Å². The van der Waals surface area contributed by atoms with Crippen LogP contribution in [0.15, 0.2) is 78.0 Å². The minimum atomic E-state index is -0.442. The number of pyridine rings is 1. The molecule has 0 saturated carbocycles. The van der Waals surface area contributed by atoms with Crippen LogP contribution in [0, 0.1) is 0 Å². The summed E-state index contributed by atoms with van der Waals surface area (Å²) in [5.74, 6) is 0.795. The summed E-state index contributed by atoms with van der Waals surface area (Å²) in [5.41, 5.74) is 9.77. The Hall–Kier alpha value is -2.22. The van der Waals surface area contributed by atoms with Gasteiger partial charge in [0, 0.05) is 30.5 Å². The largest absolute Gasteiger partial charge is 0.392 e. The van der Waals surface area contributed by atoms with Crippen LogP contribution < -0.4 is 5.73 Å². The van der Waals surface area contributed by atoms with Crippen LogP contribution in [0.3, 0.4) is 0 Å². The topological polar surface area (TPSA) is 77.6 Å². The lowest BCUT2D eigenvalue weighted by atomic mass is 10.0. The predicted octanol–water partition coefficient (Wildman–Crippen LogP) is 4.37. The van der Waals surface area contributed by atoms with Crippen molar-refractivity contribution in [2.24, 2.45) is 5.73 Å². The first-order valence-corrected chi connectivity index (χ1v) is 11.1. The first-order valence-electron chi connectivity index (χ1n) is 10.1. The van der Waals surface area contributed by atoms with E-state index in [0.29, 0.717) is 6.54 Å². The van der Waals surface area contributed by atoms with E-state index in [4.69, 9.17) is 15.2 Å². The lowest BCUT2D eigenvalue weighted by Gasteiger charge is -2.36. The number of nitrogens with zero attached hydrogens (tertiary/aromatic N) is 1. The van der Waals surface area contributed by atoms with Crippen molar-refractivity contribution in [1.82, 2.24) is 4.98 Å². The van der Waals surface area contributed by atoms with Gasteiger partial charge < -0.3 is 20.3 Å². The van der Waals surface area contributed by atoms with E-state index in [9.17, 15) is 5.11 Å². The number of aliphatic hydroxyl groups is 1. The van der Waals surface area contributed by atoms with Crippen molar-refractivity contribution < 1.29 is 14.6 Å². The lowest BCUT2D eigenvalue weighted by Crippen LogP contribution is -2.31. The maximum atomic E-state index is 9.32. The molecule has 0 spiro atoms. The minimum absolute atomic E-state index is 0.0208. The van der Waals surface area contributed by atoms with Gasteiger partial charge in [0.25, 0.3) is 0 Å². The van der Waals surface area contributed by atoms with Crippen molar-refractivity contribution >= 4 is 11.8 Å². The van der Waals surface area contributed by atoms with Gasteiger partial charge in [0.05, 0.1) is 23.8 Å². The molecule has 0 amide bonds. The maximum Gasteiger partial charge on any atom is 0.184 e. The summed E-state index contributed by atoms with van der Waals surface area (Å²) in [7, 11) is 0. The molecule has 6 heteroatoms. The van der Waals surface area contributed by atoms with E-state index in [-0.39, 0.29) is 18.8 Å². The van der Waals surface area contributed by atoms with Crippen LogP contribution in [0.1, 0.15) is 41.1 Å². The molecule has 0 bridgehead atoms. The number of aliphatic hydroxyl groups excluding tert-OH is 1. The van der Waals surface area contributed by atoms with E-state index >= 15 is 0 Å². The SMILES string of the molecule is NCc1ccc([C@H]2O[C@@H](CSc3ccccn3)C[C@@H](c3ccc(CO)cc3)O2)cc1. The van der Waals surface area contributed by atoms with E-state index in [1.54, 1.807) is 18.0 Å². The fourth-order valence-electron chi connectivity index (χ4n) is 3.44. The predicted molar refractivity (Wildman–Crippen MR) is 118 cm³/mol. The normalized spacial score (nSPS) is 21.5. The zero-order valence-electron chi connectivity index (χ0n) is 16.7. The van der Waals surface area contributed by atoms with Gasteiger partial charge in [0.1, 0.15) is 0 Å². The quantitative estimate of drug-likeness (QED) is 0.551. The summed E-state index contributed by atoms with van der Waals surface area (Å²) in [6.07, 6.45) is 2.06. The van der Waals surface area contributed by atoms with Gasteiger partial charge in [-0.2, -0.15) is 0 Å². The average molecular weight is 423 g/mol. The van der Waals surface area contributed by atoms with Crippen LogP contribution >= 0.6 is 11.8 Å². The Morgan fingerprint density at radius 3 is 2.33 bits per heavy atom. The third-order valence-electron chi connectivity index (χ3n) is 5.16. The van der Waals surface area contributed by atoms with Gasteiger partial charge in [-0.1, -0.05) is 54.6 Å². The fraction of sp³-hybridized carbons (Fsp3) is 0.292. The van der Waals surface area contributed by atoms with E-state index < -0.39 is 6.29 Å². The Balaban J connectivity index is 1.52. The second-order valence-corrected chi connectivity index (χ2v) is 8.32. The van der Waals surface area contributed by atoms with Gasteiger partial charge >= 0.3 is 0 Å². The number of thioether (sulfide) groups is 1. The molecule has 1 fully saturated rings. The zero-order chi connectivity index (χ0) is 20.8. The van der Waals surface area contributed by atoms with Gasteiger partial charge in [-0.15, -0.1) is 11.8 Å². The van der Waals surface area contributed by atoms with E-state index in [1.165, 1.54) is 0 Å². The number of rotatable bonds is 7. The second-order valence-electron chi connectivity index (χ2n) is 7.27. The third-order valence-corrected chi connectivity index (χ3v) is 6.23. The van der Waals surface area contributed by atoms with Crippen molar-refractivity contribution in [2.75, 3.05) is 5.75 Å². The summed E-state index contributed by atoms with van der Waals surface area (Å²) in [6, 6.07) is 21.9. The minimum Gasteiger partial charge on any atom is -0.392 e. The molecular formula is C24H26N2O3S. The number of hydrogen-bond donors (Lipinski definition) is 2. The van der Waals surface area contributed by atoms with Gasteiger partial charge in [0.15, 0.2) is 6.29 Å². The van der Waals surface area contributed by atoms with Crippen molar-refractivity contribution in [1.29, 1.82) is 0 Å². The van der Waals surface area contributed by atoms with Gasteiger partial charge in [0.2, 0.25) is 0 Å². The second kappa shape index (κ2) is 10.2. The third kappa shape index (κ3) is 5.28. The van der Waals surface area contributed by atoms with Gasteiger partial charge in [-0.25, -0.2) is 4.98 Å². The molecule has 1 aromatic heterocycles. The Bertz CT molecular complexity index is 864. The van der Waals surface area contributed by atoms with Crippen LogP contribution in [0.5, 0.6) is 0 Å². The zero-order valence-corrected chi connectivity index (χ0v) is 17.5. The van der Waals surface area contributed by atoms with Crippen LogP contribution in [-0.2, 0) is 22.6 Å². The molecular weight excluding hydrogens is 396 g/mol. The summed E-state index contributed by atoms with van der Waals surface area (Å²) >= 11 is 1.69. The molecule has 3 aromatic rings. The first-order chi connectivity index (χ1) is 14.7. The number of ether oxygens (including phenoxy) is 2. The molecule has 0 unspecified atom stereocenters. The summed E-state index contributed by atoms with van der Waals surface area (Å²) in [5, 5.41) is 10.3. The van der Waals surface area contributed by atoms with Crippen molar-refractivity contribution in [3.05, 3.63) is 95.2 Å². The standard InChI is InChI=1S/C24H26N2O3S/c25-14-17-4-10-20(11-5-17)24-28-21(16-30-23-3-1-2-12-26-23)13-22(29-24)19-8-6-18(15-27)7-9-19/h1-12,21-22,24,27H,13-16,25H2/t21-,22+,24+/m1/s1. The highest BCUT2D eigenvalue weighted by Gasteiger charge is 2.32. The van der Waals surface area contributed by atoms with Crippen LogP contribution in [0.2, 0.25) is 0 Å². The molecule has 0 radical (unpaired) electrons. The number of hydrogen-bond acceptors (Lipinski definition) is 6. The molecule has 0 aliphatic carbocycles. The lowest BCUT2D eigenvalue weighted by molar-refractivity contribution is -0.245. The molecule has 1 aliphatic heterocycles. The molecule has 4 rings (SSSR count). The first kappa shape index (κ1) is 21.0. The highest BCUT2D eigenvalue weighted by molar-refractivity contribution is 7.99. The molecule has 2 aromatic carbocycles. The van der Waals surface area contributed by atoms with Crippen LogP contribution in [0.4, 0.5) is 0 Å². The molecule has 3 N–H and O–H groups in total. The van der Waals surface area contributed by atoms with E-state index in [2.05, 4.69) is 4.98 Å². The highest BCUT2D eigenvalue weighted by Crippen LogP contribution is 2.39. The maximum absolute atomic E-state index is 9.32. The van der Waals surface area contributed by atoms with Crippen molar-refractivity contribution in [2.45, 2.75) is 43.1 Å². The van der Waals surface area contributed by atoms with Crippen molar-refractivity contribution in [3.63, 3.8) is 0 Å². The average Bonchev–Trinajstić information content (AvgIpc) is 2.83. The number of nitrogens with two attached hydrogens (primary N) is 1. The summed E-state index contributed by atoms with van der Waals surface area (Å²) < 4.78 is 12.7. The van der Waals surface area contributed by atoms with E-state index in [1.807, 2.05) is 66.7 Å². The molecule has 5 nitrogen and oxygen atoms in total. The van der Waals surface area contributed by atoms with Crippen LogP contribution in [-0.4, -0.2) is 21.9 Å². The smallest absolute Gasteiger partial charge is 0.184 e. The van der Waals surface area contributed by atoms with Gasteiger partial charge in [-0.3, -0.25) is 0 Å². The molecule has 3 atom stereocenters. The van der Waals surface area contributed by atoms with Gasteiger partial charge in [-0.05, 0) is 28.8 Å². The monoisotopic (exact) mass is 422 g/mol. The Morgan fingerprint density at radius 2 is 1.67 bits per heavy atom.